The van der Waals surface area contributed by atoms with Crippen molar-refractivity contribution in [2.45, 2.75) is 458 Å². The molecule has 606 valence electrons. The van der Waals surface area contributed by atoms with Crippen molar-refractivity contribution >= 4 is 39.5 Å². The minimum absolute atomic E-state index is 0.108. The van der Waals surface area contributed by atoms with E-state index in [-0.39, 0.29) is 25.7 Å². The average Bonchev–Trinajstić information content (AvgIpc) is 0.913. The van der Waals surface area contributed by atoms with E-state index in [1.807, 2.05) is 0 Å². The molecular formula is C83H162O17P2. The van der Waals surface area contributed by atoms with E-state index in [0.29, 0.717) is 25.7 Å². The maximum Gasteiger partial charge on any atom is 0.472 e. The highest BCUT2D eigenvalue weighted by Gasteiger charge is 2.30. The van der Waals surface area contributed by atoms with Crippen LogP contribution in [0.3, 0.4) is 0 Å². The third-order valence-corrected chi connectivity index (χ3v) is 21.7. The summed E-state index contributed by atoms with van der Waals surface area (Å²) in [6.45, 7) is 9.63. The Bertz CT molecular complexity index is 1960. The lowest BCUT2D eigenvalue weighted by Crippen LogP contribution is -2.30. The highest BCUT2D eigenvalue weighted by Crippen LogP contribution is 2.45. The molecule has 0 rings (SSSR count). The van der Waals surface area contributed by atoms with Gasteiger partial charge in [-0.3, -0.25) is 37.3 Å². The van der Waals surface area contributed by atoms with Gasteiger partial charge in [0.25, 0.3) is 0 Å². The van der Waals surface area contributed by atoms with E-state index in [2.05, 4.69) is 41.5 Å². The highest BCUT2D eigenvalue weighted by molar-refractivity contribution is 7.47. The first-order chi connectivity index (χ1) is 49.4. The maximum absolute atomic E-state index is 13.1. The van der Waals surface area contributed by atoms with Crippen LogP contribution >= 0.6 is 15.6 Å². The van der Waals surface area contributed by atoms with Crippen molar-refractivity contribution in [1.82, 2.24) is 0 Å². The highest BCUT2D eigenvalue weighted by atomic mass is 31.2. The van der Waals surface area contributed by atoms with Gasteiger partial charge in [-0.15, -0.1) is 0 Å². The van der Waals surface area contributed by atoms with Gasteiger partial charge in [0, 0.05) is 25.7 Å². The molecule has 0 aromatic carbocycles. The van der Waals surface area contributed by atoms with Gasteiger partial charge in [-0.2, -0.15) is 0 Å². The fourth-order valence-electron chi connectivity index (χ4n) is 12.9. The van der Waals surface area contributed by atoms with E-state index in [1.54, 1.807) is 0 Å². The Morgan fingerprint density at radius 3 is 0.745 bits per heavy atom. The molecule has 0 aromatic heterocycles. The number of hydrogen-bond donors (Lipinski definition) is 3. The lowest BCUT2D eigenvalue weighted by atomic mass is 10.00. The fraction of sp³-hybridized carbons (Fsp3) is 0.952. The molecule has 17 nitrogen and oxygen atoms in total. The van der Waals surface area contributed by atoms with Crippen molar-refractivity contribution in [3.8, 4) is 0 Å². The zero-order valence-corrected chi connectivity index (χ0v) is 68.7. The van der Waals surface area contributed by atoms with Crippen LogP contribution in [0.25, 0.3) is 0 Å². The molecule has 3 N–H and O–H groups in total. The number of phosphoric acid groups is 2. The van der Waals surface area contributed by atoms with E-state index in [4.69, 9.17) is 37.0 Å². The van der Waals surface area contributed by atoms with Crippen LogP contribution < -0.4 is 0 Å². The Morgan fingerprint density at radius 1 is 0.284 bits per heavy atom. The van der Waals surface area contributed by atoms with Gasteiger partial charge in [0.15, 0.2) is 12.2 Å². The Morgan fingerprint density at radius 2 is 0.500 bits per heavy atom. The number of rotatable bonds is 82. The molecular weight excluding hydrogens is 1330 g/mol. The van der Waals surface area contributed by atoms with Gasteiger partial charge >= 0.3 is 39.5 Å². The van der Waals surface area contributed by atoms with Crippen LogP contribution in [0, 0.1) is 11.8 Å². The summed E-state index contributed by atoms with van der Waals surface area (Å²) in [4.78, 5) is 73.1. The van der Waals surface area contributed by atoms with Crippen molar-refractivity contribution in [1.29, 1.82) is 0 Å². The van der Waals surface area contributed by atoms with Gasteiger partial charge < -0.3 is 33.8 Å². The minimum atomic E-state index is -4.96. The maximum atomic E-state index is 13.1. The Labute approximate surface area is 626 Å². The SMILES string of the molecule is CCCCCCCCCCCCCCCCCCCCCCC(=O)O[C@H](COC(=O)CCCCCCCCCCCCCCCC(C)C)COP(=O)(O)OC[C@@H](O)COP(=O)(O)OC[C@@H](COC(=O)CCCCCCCCC(C)CC)OC(=O)CCCCCCCCCCCCCCCCCC. The standard InChI is InChI=1S/C83H162O17P2/c1-7-10-12-14-16-18-20-22-24-26-27-28-29-31-35-40-44-48-56-62-67-82(87)99-78(71-93-80(85)65-59-53-46-42-38-36-32-33-37-41-45-51-57-63-75(4)5)73-97-101(89,90)95-69-77(84)70-96-102(91,92)98-74-79(72-94-81(86)66-60-54-50-49-52-58-64-76(6)9-3)100-83(88)68-61-55-47-43-39-34-30-25-23-21-19-17-15-13-11-8-2/h75-79,84H,7-74H2,1-6H3,(H,89,90)(H,91,92)/t76?,77-,78-,79-/m1/s1. The number of aliphatic hydroxyl groups excluding tert-OH is 1. The molecule has 0 aromatic rings. The van der Waals surface area contributed by atoms with E-state index < -0.39 is 97.5 Å². The summed E-state index contributed by atoms with van der Waals surface area (Å²) in [7, 11) is -9.92. The number of ether oxygens (including phenoxy) is 4. The molecule has 102 heavy (non-hydrogen) atoms. The van der Waals surface area contributed by atoms with Gasteiger partial charge in [0.1, 0.15) is 19.3 Å². The number of carbonyl (C=O) groups excluding carboxylic acids is 4. The summed E-state index contributed by atoms with van der Waals surface area (Å²) < 4.78 is 68.8. The van der Waals surface area contributed by atoms with Crippen LogP contribution in [-0.4, -0.2) is 96.7 Å². The van der Waals surface area contributed by atoms with Gasteiger partial charge in [-0.25, -0.2) is 9.13 Å². The molecule has 0 heterocycles. The summed E-state index contributed by atoms with van der Waals surface area (Å²) in [6.07, 6.45) is 65.3. The lowest BCUT2D eigenvalue weighted by molar-refractivity contribution is -0.161. The minimum Gasteiger partial charge on any atom is -0.462 e. The topological polar surface area (TPSA) is 237 Å². The van der Waals surface area contributed by atoms with Crippen LogP contribution in [0.1, 0.15) is 440 Å². The van der Waals surface area contributed by atoms with Gasteiger partial charge in [-0.05, 0) is 37.5 Å². The Kier molecular flexibility index (Phi) is 73.1. The molecule has 0 amide bonds. The normalized spacial score (nSPS) is 14.1. The molecule has 0 fully saturated rings. The molecule has 6 atom stereocenters. The van der Waals surface area contributed by atoms with E-state index in [0.717, 1.165) is 108 Å². The van der Waals surface area contributed by atoms with Crippen LogP contribution in [-0.2, 0) is 65.4 Å². The molecule has 3 unspecified atom stereocenters. The van der Waals surface area contributed by atoms with Crippen LogP contribution in [0.2, 0.25) is 0 Å². The van der Waals surface area contributed by atoms with Gasteiger partial charge in [0.2, 0.25) is 0 Å². The number of phosphoric ester groups is 2. The second-order valence-corrected chi connectivity index (χ2v) is 33.5. The number of esters is 4. The molecule has 0 aliphatic rings. The third kappa shape index (κ3) is 74.9. The molecule has 0 bridgehead atoms. The predicted molar refractivity (Wildman–Crippen MR) is 418 cm³/mol. The number of unbranched alkanes of at least 4 members (excludes halogenated alkanes) is 51. The van der Waals surface area contributed by atoms with E-state index in [1.165, 1.54) is 250 Å². The number of carbonyl (C=O) groups is 4. The van der Waals surface area contributed by atoms with Crippen molar-refractivity contribution in [3.05, 3.63) is 0 Å². The van der Waals surface area contributed by atoms with Crippen LogP contribution in [0.5, 0.6) is 0 Å². The van der Waals surface area contributed by atoms with Crippen molar-refractivity contribution in [2.75, 3.05) is 39.6 Å². The zero-order valence-electron chi connectivity index (χ0n) is 66.9. The Hall–Kier alpha value is -1.94. The first-order valence-corrected chi connectivity index (χ1v) is 46.0. The van der Waals surface area contributed by atoms with E-state index >= 15 is 0 Å². The molecule has 0 spiro atoms. The number of hydrogen-bond acceptors (Lipinski definition) is 15. The molecule has 0 saturated carbocycles. The lowest BCUT2D eigenvalue weighted by Gasteiger charge is -2.21. The largest absolute Gasteiger partial charge is 0.472 e. The smallest absolute Gasteiger partial charge is 0.462 e. The fourth-order valence-corrected chi connectivity index (χ4v) is 14.4. The van der Waals surface area contributed by atoms with Crippen LogP contribution in [0.4, 0.5) is 0 Å². The summed E-state index contributed by atoms with van der Waals surface area (Å²) >= 11 is 0. The first kappa shape index (κ1) is 100. The molecule has 19 heteroatoms. The summed E-state index contributed by atoms with van der Waals surface area (Å²) in [5.41, 5.74) is 0. The molecule has 0 saturated heterocycles. The average molecular weight is 1490 g/mol. The first-order valence-electron chi connectivity index (χ1n) is 43.0. The summed E-state index contributed by atoms with van der Waals surface area (Å²) in [5.74, 6) is -0.585. The van der Waals surface area contributed by atoms with Gasteiger partial charge in [-0.1, -0.05) is 388 Å². The second kappa shape index (κ2) is 74.5. The Balaban J connectivity index is 5.24. The molecule has 0 aliphatic heterocycles. The second-order valence-electron chi connectivity index (χ2n) is 30.6. The number of aliphatic hydroxyl groups is 1. The van der Waals surface area contributed by atoms with Gasteiger partial charge in [0.05, 0.1) is 26.4 Å². The van der Waals surface area contributed by atoms with Crippen molar-refractivity contribution in [2.24, 2.45) is 11.8 Å². The quantitative estimate of drug-likeness (QED) is 0.0222. The third-order valence-electron chi connectivity index (χ3n) is 19.8. The predicted octanol–water partition coefficient (Wildman–Crippen LogP) is 25.1. The molecule has 0 aliphatic carbocycles. The van der Waals surface area contributed by atoms with Crippen LogP contribution in [0.15, 0.2) is 0 Å². The monoisotopic (exact) mass is 1490 g/mol. The zero-order chi connectivity index (χ0) is 74.9. The summed E-state index contributed by atoms with van der Waals surface area (Å²) in [6, 6.07) is 0. The van der Waals surface area contributed by atoms with Crippen molar-refractivity contribution < 1.29 is 80.2 Å². The summed E-state index contributed by atoms with van der Waals surface area (Å²) in [5, 5.41) is 10.7. The van der Waals surface area contributed by atoms with Crippen molar-refractivity contribution in [3.63, 3.8) is 0 Å². The van der Waals surface area contributed by atoms with E-state index in [9.17, 15) is 43.2 Å². The molecule has 0 radical (unpaired) electrons.